The Morgan fingerprint density at radius 1 is 1.16 bits per heavy atom. The molecule has 19 heavy (non-hydrogen) atoms. The maximum Gasteiger partial charge on any atom is 0.272 e. The van der Waals surface area contributed by atoms with Gasteiger partial charge in [-0.05, 0) is 30.7 Å². The Hall–Kier alpha value is -2.10. The van der Waals surface area contributed by atoms with Crippen LogP contribution in [0.25, 0.3) is 10.8 Å². The molecule has 1 saturated heterocycles. The van der Waals surface area contributed by atoms with Crippen molar-refractivity contribution in [2.24, 2.45) is 0 Å². The highest BCUT2D eigenvalue weighted by Gasteiger charge is 2.20. The maximum absolute atomic E-state index is 12.4. The number of fused-ring (bicyclic) bond motifs is 1. The maximum atomic E-state index is 12.4. The van der Waals surface area contributed by atoms with Crippen LogP contribution in [0.4, 0.5) is 5.82 Å². The largest absolute Gasteiger partial charge is 0.383 e. The van der Waals surface area contributed by atoms with E-state index in [0.29, 0.717) is 11.5 Å². The predicted octanol–water partition coefficient (Wildman–Crippen LogP) is 2.44. The molecule has 0 saturated carbocycles. The molecular weight excluding hydrogens is 238 g/mol. The van der Waals surface area contributed by atoms with Gasteiger partial charge in [-0.2, -0.15) is 0 Å². The van der Waals surface area contributed by atoms with Gasteiger partial charge in [0.05, 0.1) is 0 Å². The van der Waals surface area contributed by atoms with Crippen LogP contribution in [0.1, 0.15) is 29.8 Å². The molecule has 3 rings (SSSR count). The highest BCUT2D eigenvalue weighted by atomic mass is 16.2. The Morgan fingerprint density at radius 2 is 1.89 bits per heavy atom. The molecule has 4 nitrogen and oxygen atoms in total. The van der Waals surface area contributed by atoms with Crippen molar-refractivity contribution < 1.29 is 4.79 Å². The zero-order valence-corrected chi connectivity index (χ0v) is 10.8. The quantitative estimate of drug-likeness (QED) is 0.851. The highest BCUT2D eigenvalue weighted by Crippen LogP contribution is 2.21. The second-order valence-corrected chi connectivity index (χ2v) is 4.97. The topological polar surface area (TPSA) is 59.2 Å². The van der Waals surface area contributed by atoms with E-state index in [2.05, 4.69) is 4.98 Å². The molecule has 1 fully saturated rings. The van der Waals surface area contributed by atoms with Crippen molar-refractivity contribution >= 4 is 22.5 Å². The lowest BCUT2D eigenvalue weighted by atomic mass is 10.1. The van der Waals surface area contributed by atoms with Crippen molar-refractivity contribution in [3.63, 3.8) is 0 Å². The average Bonchev–Trinajstić information content (AvgIpc) is 2.47. The van der Waals surface area contributed by atoms with Crippen LogP contribution in [0, 0.1) is 0 Å². The third kappa shape index (κ3) is 2.26. The van der Waals surface area contributed by atoms with Gasteiger partial charge in [0, 0.05) is 18.5 Å². The van der Waals surface area contributed by atoms with Crippen LogP contribution in [-0.4, -0.2) is 28.9 Å². The summed E-state index contributed by atoms with van der Waals surface area (Å²) in [5.41, 5.74) is 6.40. The van der Waals surface area contributed by atoms with E-state index in [0.717, 1.165) is 36.7 Å². The van der Waals surface area contributed by atoms with E-state index in [1.165, 1.54) is 6.42 Å². The van der Waals surface area contributed by atoms with Gasteiger partial charge < -0.3 is 10.6 Å². The van der Waals surface area contributed by atoms with Gasteiger partial charge in [-0.25, -0.2) is 4.98 Å². The summed E-state index contributed by atoms with van der Waals surface area (Å²) in [6.45, 7) is 1.65. The lowest BCUT2D eigenvalue weighted by Crippen LogP contribution is -2.36. The number of nitrogens with two attached hydrogens (primary N) is 1. The summed E-state index contributed by atoms with van der Waals surface area (Å²) in [5.74, 6) is 0.426. The fraction of sp³-hybridized carbons (Fsp3) is 0.333. The number of hydrogen-bond donors (Lipinski definition) is 1. The van der Waals surface area contributed by atoms with Gasteiger partial charge in [0.25, 0.3) is 5.91 Å². The minimum atomic E-state index is -0.00264. The highest BCUT2D eigenvalue weighted by molar-refractivity contribution is 5.99. The van der Waals surface area contributed by atoms with Gasteiger partial charge in [-0.1, -0.05) is 24.3 Å². The van der Waals surface area contributed by atoms with Crippen LogP contribution in [0.15, 0.2) is 30.3 Å². The third-order valence-electron chi connectivity index (χ3n) is 3.63. The Kier molecular flexibility index (Phi) is 3.07. The number of nitrogen functional groups attached to an aromatic ring is 1. The number of piperidine rings is 1. The first-order valence-corrected chi connectivity index (χ1v) is 6.70. The number of likely N-dealkylation sites (tertiary alicyclic amines) is 1. The van der Waals surface area contributed by atoms with E-state index in [4.69, 9.17) is 5.73 Å². The second kappa shape index (κ2) is 4.88. The van der Waals surface area contributed by atoms with Crippen LogP contribution >= 0.6 is 0 Å². The fourth-order valence-electron chi connectivity index (χ4n) is 2.59. The number of amides is 1. The van der Waals surface area contributed by atoms with E-state index in [1.807, 2.05) is 35.2 Å². The molecule has 2 N–H and O–H groups in total. The zero-order chi connectivity index (χ0) is 13.2. The number of carbonyl (C=O) groups is 1. The summed E-state index contributed by atoms with van der Waals surface area (Å²) in [4.78, 5) is 18.5. The number of hydrogen-bond acceptors (Lipinski definition) is 3. The van der Waals surface area contributed by atoms with Gasteiger partial charge >= 0.3 is 0 Å². The molecule has 2 heterocycles. The van der Waals surface area contributed by atoms with Crippen LogP contribution in [0.3, 0.4) is 0 Å². The normalized spacial score (nSPS) is 15.7. The molecule has 4 heteroatoms. The molecule has 1 aromatic heterocycles. The van der Waals surface area contributed by atoms with Gasteiger partial charge in [-0.15, -0.1) is 0 Å². The van der Waals surface area contributed by atoms with Crippen molar-refractivity contribution in [1.29, 1.82) is 0 Å². The average molecular weight is 255 g/mol. The third-order valence-corrected chi connectivity index (χ3v) is 3.63. The molecule has 1 aliphatic heterocycles. The first-order chi connectivity index (χ1) is 9.25. The van der Waals surface area contributed by atoms with Crippen molar-refractivity contribution in [1.82, 2.24) is 9.88 Å². The lowest BCUT2D eigenvalue weighted by molar-refractivity contribution is 0.0719. The Bertz CT molecular complexity index is 618. The summed E-state index contributed by atoms with van der Waals surface area (Å²) in [5, 5.41) is 1.87. The van der Waals surface area contributed by atoms with Gasteiger partial charge in [0.15, 0.2) is 0 Å². The number of nitrogens with zero attached hydrogens (tertiary/aromatic N) is 2. The molecule has 98 valence electrons. The predicted molar refractivity (Wildman–Crippen MR) is 75.9 cm³/mol. The first-order valence-electron chi connectivity index (χ1n) is 6.70. The molecule has 0 atom stereocenters. The summed E-state index contributed by atoms with van der Waals surface area (Å²) >= 11 is 0. The molecule has 2 aromatic rings. The number of pyridine rings is 1. The van der Waals surface area contributed by atoms with Crippen molar-refractivity contribution in [2.45, 2.75) is 19.3 Å². The summed E-state index contributed by atoms with van der Waals surface area (Å²) in [6, 6.07) is 9.58. The minimum Gasteiger partial charge on any atom is -0.383 e. The Labute approximate surface area is 112 Å². The van der Waals surface area contributed by atoms with Crippen molar-refractivity contribution in [3.05, 3.63) is 36.0 Å². The van der Waals surface area contributed by atoms with E-state index in [9.17, 15) is 4.79 Å². The zero-order valence-electron chi connectivity index (χ0n) is 10.8. The molecule has 1 aliphatic rings. The number of rotatable bonds is 1. The molecule has 0 radical (unpaired) electrons. The molecule has 1 aromatic carbocycles. The summed E-state index contributed by atoms with van der Waals surface area (Å²) < 4.78 is 0. The Balaban J connectivity index is 1.98. The number of anilines is 1. The molecule has 0 unspecified atom stereocenters. The monoisotopic (exact) mass is 255 g/mol. The number of carbonyl (C=O) groups excluding carboxylic acids is 1. The van der Waals surface area contributed by atoms with E-state index in [-0.39, 0.29) is 5.91 Å². The first kappa shape index (κ1) is 12.0. The van der Waals surface area contributed by atoms with E-state index >= 15 is 0 Å². The van der Waals surface area contributed by atoms with Gasteiger partial charge in [-0.3, -0.25) is 4.79 Å². The van der Waals surface area contributed by atoms with Crippen molar-refractivity contribution in [2.75, 3.05) is 18.8 Å². The molecule has 0 aliphatic carbocycles. The number of benzene rings is 1. The van der Waals surface area contributed by atoms with Gasteiger partial charge in [0.2, 0.25) is 0 Å². The van der Waals surface area contributed by atoms with Crippen LogP contribution < -0.4 is 5.73 Å². The van der Waals surface area contributed by atoms with Gasteiger partial charge in [0.1, 0.15) is 11.5 Å². The Morgan fingerprint density at radius 3 is 2.68 bits per heavy atom. The second-order valence-electron chi connectivity index (χ2n) is 4.97. The SMILES string of the molecule is Nc1nc(C(=O)N2CCCCC2)cc2ccccc12. The molecule has 0 spiro atoms. The number of aromatic nitrogens is 1. The fourth-order valence-corrected chi connectivity index (χ4v) is 2.59. The standard InChI is InChI=1S/C15H17N3O/c16-14-12-7-3-2-6-11(12)10-13(17-14)15(19)18-8-4-1-5-9-18/h2-3,6-7,10H,1,4-5,8-9H2,(H2,16,17). The van der Waals surface area contributed by atoms with E-state index < -0.39 is 0 Å². The smallest absolute Gasteiger partial charge is 0.272 e. The van der Waals surface area contributed by atoms with Crippen LogP contribution in [-0.2, 0) is 0 Å². The van der Waals surface area contributed by atoms with Crippen molar-refractivity contribution in [3.8, 4) is 0 Å². The summed E-state index contributed by atoms with van der Waals surface area (Å²) in [7, 11) is 0. The van der Waals surface area contributed by atoms with E-state index in [1.54, 1.807) is 0 Å². The minimum absolute atomic E-state index is 0.00264. The molecular formula is C15H17N3O. The molecule has 1 amide bonds. The lowest BCUT2D eigenvalue weighted by Gasteiger charge is -2.26. The van der Waals surface area contributed by atoms with Crippen LogP contribution in [0.5, 0.6) is 0 Å². The van der Waals surface area contributed by atoms with Crippen LogP contribution in [0.2, 0.25) is 0 Å². The molecule has 0 bridgehead atoms. The summed E-state index contributed by atoms with van der Waals surface area (Å²) in [6.07, 6.45) is 3.36.